The molecule has 1 unspecified atom stereocenters. The summed E-state index contributed by atoms with van der Waals surface area (Å²) in [5.41, 5.74) is 5.44. The van der Waals surface area contributed by atoms with Crippen LogP contribution in [0, 0.1) is 0 Å². The third-order valence-electron chi connectivity index (χ3n) is 5.92. The molecule has 1 atom stereocenters. The van der Waals surface area contributed by atoms with Gasteiger partial charge in [-0.1, -0.05) is 42.8 Å². The Kier molecular flexibility index (Phi) is 5.16. The molecule has 1 aromatic heterocycles. The Morgan fingerprint density at radius 2 is 1.93 bits per heavy atom. The third-order valence-corrected chi connectivity index (χ3v) is 6.22. The van der Waals surface area contributed by atoms with Gasteiger partial charge in [0.25, 0.3) is 0 Å². The van der Waals surface area contributed by atoms with E-state index in [1.165, 1.54) is 27.7 Å². The summed E-state index contributed by atoms with van der Waals surface area (Å²) < 4.78 is 7.75. The van der Waals surface area contributed by atoms with Gasteiger partial charge < -0.3 is 9.30 Å². The second kappa shape index (κ2) is 7.57. The Bertz CT molecular complexity index is 945. The number of benzene rings is 2. The first-order valence-electron chi connectivity index (χ1n) is 9.77. The summed E-state index contributed by atoms with van der Waals surface area (Å²) in [5.74, 6) is 0.902. The summed E-state index contributed by atoms with van der Waals surface area (Å²) in [6.07, 6.45) is 2.06. The molecule has 27 heavy (non-hydrogen) atoms. The van der Waals surface area contributed by atoms with E-state index in [2.05, 4.69) is 47.6 Å². The van der Waals surface area contributed by atoms with Crippen molar-refractivity contribution in [1.29, 1.82) is 0 Å². The van der Waals surface area contributed by atoms with Crippen molar-refractivity contribution in [2.75, 3.05) is 13.7 Å². The van der Waals surface area contributed by atoms with Crippen LogP contribution in [0.4, 0.5) is 0 Å². The van der Waals surface area contributed by atoms with E-state index in [9.17, 15) is 0 Å². The molecule has 4 heteroatoms. The minimum absolute atomic E-state index is 0.560. The molecule has 1 aliphatic heterocycles. The van der Waals surface area contributed by atoms with Crippen molar-refractivity contribution in [1.82, 2.24) is 9.47 Å². The largest absolute Gasteiger partial charge is 0.497 e. The van der Waals surface area contributed by atoms with Crippen molar-refractivity contribution in [2.45, 2.75) is 45.8 Å². The number of fused-ring (bicyclic) bond motifs is 3. The molecule has 0 bridgehead atoms. The van der Waals surface area contributed by atoms with Gasteiger partial charge in [-0.3, -0.25) is 4.90 Å². The van der Waals surface area contributed by atoms with E-state index in [0.717, 1.165) is 43.2 Å². The van der Waals surface area contributed by atoms with Gasteiger partial charge in [0.15, 0.2) is 0 Å². The monoisotopic (exact) mass is 382 g/mol. The molecule has 2 aromatic carbocycles. The molecule has 0 radical (unpaired) electrons. The standard InChI is InChI=1S/C23H27ClN2O/c1-4-25-15-20-19-6-5-7-21(24)23(19)26(22(20)14-16(25)2)13-12-17-8-10-18(27-3)11-9-17/h5-11,16H,4,12-15H2,1-3H3. The van der Waals surface area contributed by atoms with E-state index in [4.69, 9.17) is 16.3 Å². The Hall–Kier alpha value is -1.97. The number of hydrogen-bond donors (Lipinski definition) is 0. The average Bonchev–Trinajstić information content (AvgIpc) is 3.00. The number of methoxy groups -OCH3 is 1. The zero-order valence-corrected chi connectivity index (χ0v) is 17.1. The number of likely N-dealkylation sites (N-methyl/N-ethyl adjacent to an activating group) is 1. The van der Waals surface area contributed by atoms with Gasteiger partial charge in [-0.15, -0.1) is 0 Å². The lowest BCUT2D eigenvalue weighted by atomic mass is 9.99. The Labute approximate surface area is 166 Å². The number of aromatic nitrogens is 1. The summed E-state index contributed by atoms with van der Waals surface area (Å²) in [7, 11) is 1.70. The number of para-hydroxylation sites is 1. The Morgan fingerprint density at radius 3 is 2.63 bits per heavy atom. The summed E-state index contributed by atoms with van der Waals surface area (Å²) in [5, 5.41) is 2.17. The smallest absolute Gasteiger partial charge is 0.118 e. The Balaban J connectivity index is 1.72. The normalized spacial score (nSPS) is 17.3. The Morgan fingerprint density at radius 1 is 1.15 bits per heavy atom. The van der Waals surface area contributed by atoms with E-state index in [0.29, 0.717) is 6.04 Å². The predicted octanol–water partition coefficient (Wildman–Crippen LogP) is 5.31. The molecule has 0 spiro atoms. The molecule has 0 aliphatic carbocycles. The maximum atomic E-state index is 6.66. The summed E-state index contributed by atoms with van der Waals surface area (Å²) in [6, 6.07) is 15.3. The van der Waals surface area contributed by atoms with Gasteiger partial charge in [0.05, 0.1) is 17.6 Å². The van der Waals surface area contributed by atoms with Crippen LogP contribution in [-0.2, 0) is 25.9 Å². The van der Waals surface area contributed by atoms with Crippen LogP contribution in [-0.4, -0.2) is 29.2 Å². The van der Waals surface area contributed by atoms with E-state index in [-0.39, 0.29) is 0 Å². The molecule has 0 saturated heterocycles. The number of hydrogen-bond acceptors (Lipinski definition) is 2. The number of halogens is 1. The molecule has 4 rings (SSSR count). The van der Waals surface area contributed by atoms with Gasteiger partial charge in [-0.2, -0.15) is 0 Å². The fourth-order valence-electron chi connectivity index (χ4n) is 4.37. The quantitative estimate of drug-likeness (QED) is 0.594. The van der Waals surface area contributed by atoms with Crippen molar-refractivity contribution >= 4 is 22.5 Å². The molecule has 2 heterocycles. The average molecular weight is 383 g/mol. The first kappa shape index (κ1) is 18.4. The first-order valence-corrected chi connectivity index (χ1v) is 10.2. The second-order valence-electron chi connectivity index (χ2n) is 7.43. The van der Waals surface area contributed by atoms with Crippen molar-refractivity contribution in [2.24, 2.45) is 0 Å². The van der Waals surface area contributed by atoms with Crippen molar-refractivity contribution in [3.63, 3.8) is 0 Å². The molecule has 142 valence electrons. The minimum atomic E-state index is 0.560. The van der Waals surface area contributed by atoms with E-state index >= 15 is 0 Å². The van der Waals surface area contributed by atoms with Crippen molar-refractivity contribution < 1.29 is 4.74 Å². The zero-order valence-electron chi connectivity index (χ0n) is 16.3. The topological polar surface area (TPSA) is 17.4 Å². The van der Waals surface area contributed by atoms with E-state index < -0.39 is 0 Å². The maximum Gasteiger partial charge on any atom is 0.118 e. The fourth-order valence-corrected chi connectivity index (χ4v) is 4.64. The molecule has 0 saturated carbocycles. The molecular weight excluding hydrogens is 356 g/mol. The van der Waals surface area contributed by atoms with Crippen LogP contribution in [0.1, 0.15) is 30.7 Å². The molecule has 0 N–H and O–H groups in total. The highest BCUT2D eigenvalue weighted by atomic mass is 35.5. The summed E-state index contributed by atoms with van der Waals surface area (Å²) >= 11 is 6.66. The van der Waals surface area contributed by atoms with Gasteiger partial charge in [0.2, 0.25) is 0 Å². The van der Waals surface area contributed by atoms with Crippen LogP contribution in [0.3, 0.4) is 0 Å². The van der Waals surface area contributed by atoms with Gasteiger partial charge in [0, 0.05) is 36.6 Å². The van der Waals surface area contributed by atoms with Gasteiger partial charge in [-0.05, 0) is 49.2 Å². The molecule has 1 aliphatic rings. The molecule has 3 nitrogen and oxygen atoms in total. The summed E-state index contributed by atoms with van der Waals surface area (Å²) in [4.78, 5) is 2.55. The number of rotatable bonds is 5. The zero-order chi connectivity index (χ0) is 19.0. The lowest BCUT2D eigenvalue weighted by Gasteiger charge is -2.33. The summed E-state index contributed by atoms with van der Waals surface area (Å²) in [6.45, 7) is 7.62. The SMILES string of the molecule is CCN1Cc2c(n(CCc3ccc(OC)cc3)c3c(Cl)cccc23)CC1C. The van der Waals surface area contributed by atoms with Crippen LogP contribution < -0.4 is 4.74 Å². The van der Waals surface area contributed by atoms with Gasteiger partial charge in [-0.25, -0.2) is 0 Å². The van der Waals surface area contributed by atoms with Gasteiger partial charge >= 0.3 is 0 Å². The van der Waals surface area contributed by atoms with E-state index in [1.807, 2.05) is 18.2 Å². The minimum Gasteiger partial charge on any atom is -0.497 e. The molecule has 0 amide bonds. The van der Waals surface area contributed by atoms with Crippen molar-refractivity contribution in [3.8, 4) is 5.75 Å². The van der Waals surface area contributed by atoms with Crippen LogP contribution in [0.2, 0.25) is 5.02 Å². The van der Waals surface area contributed by atoms with Crippen LogP contribution in [0.5, 0.6) is 5.75 Å². The number of ether oxygens (including phenoxy) is 1. The second-order valence-corrected chi connectivity index (χ2v) is 7.83. The first-order chi connectivity index (χ1) is 13.1. The van der Waals surface area contributed by atoms with E-state index in [1.54, 1.807) is 7.11 Å². The van der Waals surface area contributed by atoms with Crippen LogP contribution in [0.15, 0.2) is 42.5 Å². The van der Waals surface area contributed by atoms with Gasteiger partial charge in [0.1, 0.15) is 5.75 Å². The fraction of sp³-hybridized carbons (Fsp3) is 0.391. The maximum absolute atomic E-state index is 6.66. The number of aryl methyl sites for hydroxylation is 2. The van der Waals surface area contributed by atoms with Crippen molar-refractivity contribution in [3.05, 3.63) is 64.3 Å². The molecule has 3 aromatic rings. The lowest BCUT2D eigenvalue weighted by Crippen LogP contribution is -2.38. The lowest BCUT2D eigenvalue weighted by molar-refractivity contribution is 0.192. The highest BCUT2D eigenvalue weighted by Gasteiger charge is 2.28. The predicted molar refractivity (Wildman–Crippen MR) is 113 cm³/mol. The number of nitrogens with zero attached hydrogens (tertiary/aromatic N) is 2. The highest BCUT2D eigenvalue weighted by Crippen LogP contribution is 2.36. The molecular formula is C23H27ClN2O. The van der Waals surface area contributed by atoms with Crippen LogP contribution >= 0.6 is 11.6 Å². The third kappa shape index (κ3) is 3.35. The van der Waals surface area contributed by atoms with Crippen LogP contribution in [0.25, 0.3) is 10.9 Å². The highest BCUT2D eigenvalue weighted by molar-refractivity contribution is 6.35. The molecule has 0 fully saturated rings.